The molecule has 2 unspecified atom stereocenters. The van der Waals surface area contributed by atoms with Gasteiger partial charge in [0.25, 0.3) is 0 Å². The van der Waals surface area contributed by atoms with Crippen molar-refractivity contribution in [3.8, 4) is 0 Å². The molecule has 1 rings (SSSR count). The molecule has 0 heterocycles. The Bertz CT molecular complexity index is 1260. The van der Waals surface area contributed by atoms with Crippen LogP contribution in [0, 0.1) is 0 Å². The normalized spacial score (nSPS) is 14.5. The van der Waals surface area contributed by atoms with E-state index >= 15 is 0 Å². The SMILES string of the molecule is CO[Si](C)(CCCNC(NCCC[Si](C)(OC)OC)[Si]CCc1c(C(C)[Si](OC)(OC)OC)c([Si](C)C)c(C(C)[Si](OC)(OC)OC)c([Si](C)C)c1[Si](C)C)OC. The predicted octanol–water partition coefficient (Wildman–Crippen LogP) is 4.25. The van der Waals surface area contributed by atoms with Gasteiger partial charge in [0.05, 0.1) is 47.0 Å². The molecule has 20 heteroatoms. The quantitative estimate of drug-likeness (QED) is 0.0631. The zero-order valence-corrected chi connectivity index (χ0v) is 47.5. The highest BCUT2D eigenvalue weighted by Gasteiger charge is 2.52. The van der Waals surface area contributed by atoms with Gasteiger partial charge in [0.2, 0.25) is 0 Å². The van der Waals surface area contributed by atoms with Gasteiger partial charge in [0.1, 0.15) is 0 Å². The van der Waals surface area contributed by atoms with Crippen LogP contribution in [0.4, 0.5) is 0 Å². The minimum atomic E-state index is -3.15. The Kier molecular flexibility index (Phi) is 25.5. The van der Waals surface area contributed by atoms with Crippen molar-refractivity contribution in [3.63, 3.8) is 0 Å². The Labute approximate surface area is 360 Å². The molecular formula is C37H81N2O10Si8. The summed E-state index contributed by atoms with van der Waals surface area (Å²) >= 11 is 0. The Morgan fingerprint density at radius 2 is 0.860 bits per heavy atom. The number of nitrogens with one attached hydrogen (secondary N) is 2. The van der Waals surface area contributed by atoms with E-state index in [4.69, 9.17) is 44.3 Å². The van der Waals surface area contributed by atoms with Crippen molar-refractivity contribution >= 4 is 86.2 Å². The van der Waals surface area contributed by atoms with Gasteiger partial charge in [0.15, 0.2) is 0 Å². The molecule has 0 fully saturated rings. The standard InChI is InChI=1S/C37H81N2O10Si8/c1-29(56(44-7,45-8)46-9)32-31(34(51(13)14)36(53(17)18)33(35(32)52(15)16)30(2)57(47-10,48-11)49-12)23-26-50-37(38-24-21-27-54(19,40-3)41-4)39-25-22-28-55(20,42-5)43-6/h29-30,37-39H,21-28H2,1-20H3. The predicted molar refractivity (Wildman–Crippen MR) is 252 cm³/mol. The zero-order valence-electron chi connectivity index (χ0n) is 39.5. The van der Waals surface area contributed by atoms with Crippen LogP contribution in [0.15, 0.2) is 0 Å². The van der Waals surface area contributed by atoms with Crippen molar-refractivity contribution in [3.05, 3.63) is 16.7 Å². The van der Waals surface area contributed by atoms with Gasteiger partial charge in [-0.25, -0.2) is 0 Å². The zero-order chi connectivity index (χ0) is 43.8. The van der Waals surface area contributed by atoms with E-state index in [2.05, 4.69) is 76.9 Å². The fraction of sp³-hybridized carbons (Fsp3) is 0.838. The van der Waals surface area contributed by atoms with Crippen LogP contribution in [0.1, 0.15) is 54.5 Å². The van der Waals surface area contributed by atoms with E-state index < -0.39 is 61.1 Å². The molecule has 0 bridgehead atoms. The Balaban J connectivity index is 4.01. The van der Waals surface area contributed by atoms with Crippen molar-refractivity contribution < 1.29 is 44.3 Å². The molecule has 0 aliphatic heterocycles. The monoisotopic (exact) mass is 937 g/mol. The summed E-state index contributed by atoms with van der Waals surface area (Å²) in [5.74, 6) is 0.174. The summed E-state index contributed by atoms with van der Waals surface area (Å²) in [5.41, 5.74) is 4.08. The minimum Gasteiger partial charge on any atom is -0.398 e. The molecule has 2 atom stereocenters. The van der Waals surface area contributed by atoms with Gasteiger partial charge in [-0.3, -0.25) is 0 Å². The number of benzene rings is 1. The summed E-state index contributed by atoms with van der Waals surface area (Å²) in [7, 11) is 4.61. The molecule has 5 radical (unpaired) electrons. The first kappa shape index (κ1) is 55.5. The topological polar surface area (TPSA) is 116 Å². The van der Waals surface area contributed by atoms with Crippen molar-refractivity contribution in [2.45, 2.75) is 120 Å². The maximum absolute atomic E-state index is 6.29. The third-order valence-electron chi connectivity index (χ3n) is 11.6. The van der Waals surface area contributed by atoms with E-state index in [0.29, 0.717) is 9.52 Å². The summed E-state index contributed by atoms with van der Waals surface area (Å²) in [4.78, 5) is 0. The summed E-state index contributed by atoms with van der Waals surface area (Å²) in [6.45, 7) is 25.2. The van der Waals surface area contributed by atoms with E-state index in [1.807, 2.05) is 0 Å². The molecule has 0 aliphatic rings. The van der Waals surface area contributed by atoms with Crippen LogP contribution in [-0.4, -0.2) is 161 Å². The van der Waals surface area contributed by atoms with E-state index in [1.165, 1.54) is 21.9 Å². The second-order valence-corrected chi connectivity index (χ2v) is 38.4. The number of hydrogen-bond acceptors (Lipinski definition) is 12. The fourth-order valence-corrected chi connectivity index (χ4v) is 23.3. The molecule has 12 nitrogen and oxygen atoms in total. The van der Waals surface area contributed by atoms with Crippen LogP contribution in [0.5, 0.6) is 0 Å². The first-order valence-electron chi connectivity index (χ1n) is 20.2. The van der Waals surface area contributed by atoms with Crippen molar-refractivity contribution in [2.24, 2.45) is 0 Å². The lowest BCUT2D eigenvalue weighted by molar-refractivity contribution is 0.114. The van der Waals surface area contributed by atoms with E-state index in [9.17, 15) is 0 Å². The van der Waals surface area contributed by atoms with E-state index in [1.54, 1.807) is 81.5 Å². The van der Waals surface area contributed by atoms with Crippen LogP contribution in [-0.2, 0) is 50.7 Å². The largest absolute Gasteiger partial charge is 0.507 e. The summed E-state index contributed by atoms with van der Waals surface area (Å²) in [6.07, 6.45) is 2.94. The smallest absolute Gasteiger partial charge is 0.398 e. The highest BCUT2D eigenvalue weighted by Crippen LogP contribution is 2.35. The number of rotatable bonds is 31. The molecule has 1 aromatic rings. The lowest BCUT2D eigenvalue weighted by atomic mass is 9.97. The Morgan fingerprint density at radius 3 is 1.18 bits per heavy atom. The molecule has 1 aromatic carbocycles. The van der Waals surface area contributed by atoms with Gasteiger partial charge in [0, 0.05) is 76.9 Å². The second kappa shape index (κ2) is 26.2. The summed E-state index contributed by atoms with van der Waals surface area (Å²) < 4.78 is 60.7. The lowest BCUT2D eigenvalue weighted by Crippen LogP contribution is -2.60. The summed E-state index contributed by atoms with van der Waals surface area (Å²) in [6, 6.07) is 2.91. The second-order valence-electron chi connectivity index (χ2n) is 15.6. The van der Waals surface area contributed by atoms with Crippen molar-refractivity contribution in [2.75, 3.05) is 84.2 Å². The molecule has 0 aromatic heterocycles. The fourth-order valence-electron chi connectivity index (χ4n) is 7.98. The third kappa shape index (κ3) is 14.2. The molecule has 0 saturated carbocycles. The first-order valence-corrected chi connectivity index (χ1v) is 37.6. The average molecular weight is 939 g/mol. The maximum Gasteiger partial charge on any atom is 0.507 e. The van der Waals surface area contributed by atoms with E-state index in [0.717, 1.165) is 50.5 Å². The van der Waals surface area contributed by atoms with E-state index in [-0.39, 0.29) is 16.9 Å². The Morgan fingerprint density at radius 1 is 0.509 bits per heavy atom. The molecular weight excluding hydrogens is 857 g/mol. The van der Waals surface area contributed by atoms with Gasteiger partial charge in [-0.05, 0) is 74.2 Å². The average Bonchev–Trinajstić information content (AvgIpc) is 3.20. The molecule has 0 saturated heterocycles. The van der Waals surface area contributed by atoms with Crippen LogP contribution >= 0.6 is 0 Å². The molecule has 0 amide bonds. The van der Waals surface area contributed by atoms with Gasteiger partial charge < -0.3 is 54.9 Å². The van der Waals surface area contributed by atoms with Crippen molar-refractivity contribution in [1.82, 2.24) is 10.6 Å². The Hall–Kier alpha value is 0.475. The molecule has 0 aliphatic carbocycles. The van der Waals surface area contributed by atoms with Crippen LogP contribution in [0.3, 0.4) is 0 Å². The molecule has 0 spiro atoms. The van der Waals surface area contributed by atoms with Gasteiger partial charge in [-0.2, -0.15) is 0 Å². The van der Waals surface area contributed by atoms with Crippen LogP contribution in [0.25, 0.3) is 0 Å². The number of hydrogen-bond donors (Lipinski definition) is 2. The van der Waals surface area contributed by atoms with Crippen LogP contribution < -0.4 is 26.2 Å². The van der Waals surface area contributed by atoms with Crippen molar-refractivity contribution in [1.29, 1.82) is 0 Å². The molecule has 2 N–H and O–H groups in total. The molecule has 331 valence electrons. The summed E-state index contributed by atoms with van der Waals surface area (Å²) in [5, 5.41) is 12.3. The van der Waals surface area contributed by atoms with Gasteiger partial charge in [-0.1, -0.05) is 74.7 Å². The third-order valence-corrected chi connectivity index (χ3v) is 29.9. The van der Waals surface area contributed by atoms with Crippen LogP contribution in [0.2, 0.25) is 70.5 Å². The highest BCUT2D eigenvalue weighted by molar-refractivity contribution is 6.85. The molecule has 57 heavy (non-hydrogen) atoms. The minimum absolute atomic E-state index is 0.0620. The maximum atomic E-state index is 6.29. The first-order chi connectivity index (χ1) is 26.8. The van der Waals surface area contributed by atoms with Gasteiger partial charge in [-0.15, -0.1) is 0 Å². The van der Waals surface area contributed by atoms with Gasteiger partial charge >= 0.3 is 34.7 Å². The highest BCUT2D eigenvalue weighted by atomic mass is 28.4. The lowest BCUT2D eigenvalue weighted by Gasteiger charge is -2.40.